The van der Waals surface area contributed by atoms with Crippen molar-refractivity contribution in [2.45, 2.75) is 52.0 Å². The van der Waals surface area contributed by atoms with E-state index in [2.05, 4.69) is 10.5 Å². The number of ether oxygens (including phenoxy) is 1. The van der Waals surface area contributed by atoms with Crippen molar-refractivity contribution in [2.75, 3.05) is 14.2 Å². The van der Waals surface area contributed by atoms with Crippen LogP contribution in [0.1, 0.15) is 47.9 Å². The summed E-state index contributed by atoms with van der Waals surface area (Å²) >= 11 is 6.32. The summed E-state index contributed by atoms with van der Waals surface area (Å²) in [5.41, 5.74) is 5.09. The van der Waals surface area contributed by atoms with Gasteiger partial charge >= 0.3 is 0 Å². The van der Waals surface area contributed by atoms with E-state index >= 15 is 0 Å². The van der Waals surface area contributed by atoms with Crippen molar-refractivity contribution in [3.63, 3.8) is 0 Å². The van der Waals surface area contributed by atoms with Gasteiger partial charge in [-0.2, -0.15) is 0 Å². The maximum absolute atomic E-state index is 13.0. The number of aryl methyl sites for hydroxylation is 1. The molecule has 26 heavy (non-hydrogen) atoms. The highest BCUT2D eigenvalue weighted by atomic mass is 35.5. The van der Waals surface area contributed by atoms with Gasteiger partial charge in [-0.3, -0.25) is 4.79 Å². The quantitative estimate of drug-likeness (QED) is 0.809. The van der Waals surface area contributed by atoms with Crippen molar-refractivity contribution in [3.8, 4) is 0 Å². The van der Waals surface area contributed by atoms with Crippen molar-refractivity contribution in [2.24, 2.45) is 5.16 Å². The van der Waals surface area contributed by atoms with Crippen LogP contribution in [0.4, 0.5) is 0 Å². The van der Waals surface area contributed by atoms with Gasteiger partial charge in [0.05, 0.1) is 23.9 Å². The maximum Gasteiger partial charge on any atom is 0.256 e. The summed E-state index contributed by atoms with van der Waals surface area (Å²) < 4.78 is 5.81. The van der Waals surface area contributed by atoms with Crippen LogP contribution in [0.15, 0.2) is 17.0 Å². The fraction of sp³-hybridized carbons (Fsp3) is 0.500. The molecule has 1 saturated carbocycles. The normalized spacial score (nSPS) is 22.7. The van der Waals surface area contributed by atoms with Gasteiger partial charge in [0.25, 0.3) is 5.91 Å². The Morgan fingerprint density at radius 1 is 1.15 bits per heavy atom. The topological polar surface area (TPSA) is 59.9 Å². The van der Waals surface area contributed by atoms with Gasteiger partial charge in [-0.1, -0.05) is 16.8 Å². The van der Waals surface area contributed by atoms with Crippen molar-refractivity contribution in [1.29, 1.82) is 0 Å². The highest BCUT2D eigenvalue weighted by Gasteiger charge is 2.48. The SMILES string of the molecule is CON=C1CCC2(CC1)NC(=O)C(c1c(C)cc(Cl)c(C)c1C)=C2OC. The Kier molecular flexibility index (Phi) is 5.02. The molecular formula is C20H25ClN2O3. The van der Waals surface area contributed by atoms with Crippen LogP contribution in [0.25, 0.3) is 5.57 Å². The Morgan fingerprint density at radius 3 is 2.38 bits per heavy atom. The Morgan fingerprint density at radius 2 is 1.81 bits per heavy atom. The van der Waals surface area contributed by atoms with E-state index in [-0.39, 0.29) is 5.91 Å². The third-order valence-electron chi connectivity index (χ3n) is 5.63. The molecule has 0 aromatic heterocycles. The van der Waals surface area contributed by atoms with Gasteiger partial charge in [-0.05, 0) is 74.8 Å². The number of benzene rings is 1. The van der Waals surface area contributed by atoms with Crippen molar-refractivity contribution in [1.82, 2.24) is 5.32 Å². The molecule has 1 aliphatic carbocycles. The van der Waals surface area contributed by atoms with Gasteiger partial charge in [-0.15, -0.1) is 0 Å². The molecule has 2 aliphatic rings. The standard InChI is InChI=1S/C20H25ClN2O3/c1-11-10-15(21)12(2)13(3)16(11)17-18(25-4)20(22-19(17)24)8-6-14(7-9-20)23-26-5/h10H,6-9H2,1-5H3,(H,22,24). The minimum absolute atomic E-state index is 0.0816. The van der Waals surface area contributed by atoms with E-state index in [1.165, 1.54) is 0 Å². The number of halogens is 1. The maximum atomic E-state index is 13.0. The molecule has 140 valence electrons. The molecule has 1 aromatic carbocycles. The van der Waals surface area contributed by atoms with Crippen LogP contribution in [-0.2, 0) is 14.4 Å². The first kappa shape index (κ1) is 18.8. The lowest BCUT2D eigenvalue weighted by atomic mass is 9.79. The summed E-state index contributed by atoms with van der Waals surface area (Å²) in [4.78, 5) is 17.9. The molecule has 1 spiro atoms. The molecule has 1 aromatic rings. The zero-order chi connectivity index (χ0) is 19.1. The Balaban J connectivity index is 2.11. The van der Waals surface area contributed by atoms with E-state index in [0.717, 1.165) is 64.4 Å². The number of hydrogen-bond acceptors (Lipinski definition) is 4. The summed E-state index contributed by atoms with van der Waals surface area (Å²) in [5, 5.41) is 7.99. The van der Waals surface area contributed by atoms with E-state index in [0.29, 0.717) is 5.57 Å². The van der Waals surface area contributed by atoms with E-state index in [4.69, 9.17) is 21.2 Å². The third-order valence-corrected chi connectivity index (χ3v) is 6.02. The monoisotopic (exact) mass is 376 g/mol. The van der Waals surface area contributed by atoms with Gasteiger partial charge in [0.2, 0.25) is 0 Å². The number of nitrogens with zero attached hydrogens (tertiary/aromatic N) is 1. The van der Waals surface area contributed by atoms with Crippen LogP contribution in [0.5, 0.6) is 0 Å². The Hall–Kier alpha value is -2.01. The number of hydrogen-bond donors (Lipinski definition) is 1. The lowest BCUT2D eigenvalue weighted by molar-refractivity contribution is -0.116. The first-order valence-electron chi connectivity index (χ1n) is 8.81. The largest absolute Gasteiger partial charge is 0.498 e. The van der Waals surface area contributed by atoms with E-state index < -0.39 is 5.54 Å². The van der Waals surface area contributed by atoms with Crippen molar-refractivity contribution >= 4 is 28.8 Å². The second-order valence-electron chi connectivity index (χ2n) is 7.08. The molecule has 0 atom stereocenters. The number of methoxy groups -OCH3 is 1. The summed E-state index contributed by atoms with van der Waals surface area (Å²) in [6.45, 7) is 5.97. The van der Waals surface area contributed by atoms with Crippen LogP contribution < -0.4 is 5.32 Å². The number of carbonyl (C=O) groups is 1. The van der Waals surface area contributed by atoms with Crippen LogP contribution in [0.2, 0.25) is 5.02 Å². The van der Waals surface area contributed by atoms with Crippen molar-refractivity contribution < 1.29 is 14.4 Å². The minimum atomic E-state index is -0.472. The van der Waals surface area contributed by atoms with E-state index in [9.17, 15) is 4.79 Å². The molecule has 0 saturated heterocycles. The van der Waals surface area contributed by atoms with Gasteiger partial charge in [0.1, 0.15) is 12.9 Å². The van der Waals surface area contributed by atoms with E-state index in [1.54, 1.807) is 14.2 Å². The molecule has 1 aliphatic heterocycles. The minimum Gasteiger partial charge on any atom is -0.498 e. The molecule has 6 heteroatoms. The number of amides is 1. The number of rotatable bonds is 3. The second-order valence-corrected chi connectivity index (χ2v) is 7.49. The molecule has 1 N–H and O–H groups in total. The molecule has 1 amide bonds. The van der Waals surface area contributed by atoms with Gasteiger partial charge in [0.15, 0.2) is 0 Å². The first-order valence-corrected chi connectivity index (χ1v) is 9.19. The van der Waals surface area contributed by atoms with Crippen LogP contribution in [-0.4, -0.2) is 31.4 Å². The van der Waals surface area contributed by atoms with Crippen LogP contribution >= 0.6 is 11.6 Å². The fourth-order valence-corrected chi connectivity index (χ4v) is 4.46. The fourth-order valence-electron chi connectivity index (χ4n) is 4.16. The molecule has 1 fully saturated rings. The predicted octanol–water partition coefficient (Wildman–Crippen LogP) is 4.07. The van der Waals surface area contributed by atoms with Crippen molar-refractivity contribution in [3.05, 3.63) is 39.1 Å². The highest BCUT2D eigenvalue weighted by Crippen LogP contribution is 2.44. The smallest absolute Gasteiger partial charge is 0.256 e. The van der Waals surface area contributed by atoms with Gasteiger partial charge in [0, 0.05) is 5.02 Å². The van der Waals surface area contributed by atoms with Crippen LogP contribution in [0.3, 0.4) is 0 Å². The zero-order valence-corrected chi connectivity index (χ0v) is 16.7. The number of carbonyl (C=O) groups excluding carboxylic acids is 1. The molecule has 0 radical (unpaired) electrons. The van der Waals surface area contributed by atoms with Gasteiger partial charge in [-0.25, -0.2) is 0 Å². The second kappa shape index (κ2) is 6.95. The predicted molar refractivity (Wildman–Crippen MR) is 103 cm³/mol. The van der Waals surface area contributed by atoms with Crippen LogP contribution in [0, 0.1) is 20.8 Å². The summed E-state index contributed by atoms with van der Waals surface area (Å²) in [7, 11) is 3.20. The Labute approximate surface area is 159 Å². The molecule has 1 heterocycles. The zero-order valence-electron chi connectivity index (χ0n) is 16.0. The molecule has 5 nitrogen and oxygen atoms in total. The first-order chi connectivity index (χ1) is 12.3. The molecular weight excluding hydrogens is 352 g/mol. The summed E-state index contributed by atoms with van der Waals surface area (Å²) in [6, 6.07) is 1.92. The summed E-state index contributed by atoms with van der Waals surface area (Å²) in [6.07, 6.45) is 3.04. The average Bonchev–Trinajstić information content (AvgIpc) is 2.87. The third kappa shape index (κ3) is 2.88. The number of oxime groups is 1. The molecule has 3 rings (SSSR count). The Bertz CT molecular complexity index is 817. The average molecular weight is 377 g/mol. The number of nitrogens with one attached hydrogen (secondary N) is 1. The highest BCUT2D eigenvalue weighted by molar-refractivity contribution is 6.32. The van der Waals surface area contributed by atoms with E-state index in [1.807, 2.05) is 26.8 Å². The molecule has 0 unspecified atom stereocenters. The van der Waals surface area contributed by atoms with Gasteiger partial charge < -0.3 is 14.9 Å². The lowest BCUT2D eigenvalue weighted by Crippen LogP contribution is -2.47. The molecule has 0 bridgehead atoms. The lowest BCUT2D eigenvalue weighted by Gasteiger charge is -2.35. The summed E-state index contributed by atoms with van der Waals surface area (Å²) in [5.74, 6) is 0.647.